The van der Waals surface area contributed by atoms with E-state index in [1.165, 1.54) is 0 Å². The molecular weight excluding hydrogens is 385 g/mol. The highest BCUT2D eigenvalue weighted by molar-refractivity contribution is 6.39. The van der Waals surface area contributed by atoms with Crippen molar-refractivity contribution in [2.75, 3.05) is 11.9 Å². The molecule has 0 spiro atoms. The summed E-state index contributed by atoms with van der Waals surface area (Å²) in [6.07, 6.45) is 3.54. The van der Waals surface area contributed by atoms with Crippen molar-refractivity contribution in [1.82, 2.24) is 9.55 Å². The van der Waals surface area contributed by atoms with Gasteiger partial charge in [-0.1, -0.05) is 29.3 Å². The molecule has 0 aliphatic heterocycles. The first-order valence-electron chi connectivity index (χ1n) is 8.55. The van der Waals surface area contributed by atoms with E-state index >= 15 is 0 Å². The van der Waals surface area contributed by atoms with Crippen LogP contribution in [0.5, 0.6) is 0 Å². The van der Waals surface area contributed by atoms with Crippen LogP contribution in [-0.4, -0.2) is 27.5 Å². The molecule has 3 aromatic rings. The fourth-order valence-electron chi connectivity index (χ4n) is 2.63. The van der Waals surface area contributed by atoms with Crippen LogP contribution < -0.4 is 5.32 Å². The Labute approximate surface area is 168 Å². The quantitative estimate of drug-likeness (QED) is 0.590. The first kappa shape index (κ1) is 19.7. The number of carbonyl (C=O) groups excluding carboxylic acids is 1. The second-order valence-corrected chi connectivity index (χ2v) is 8.01. The molecule has 2 aromatic heterocycles. The number of para-hydroxylation sites is 1. The maximum Gasteiger partial charge on any atom is 0.178 e. The summed E-state index contributed by atoms with van der Waals surface area (Å²) >= 11 is 12.5. The van der Waals surface area contributed by atoms with Gasteiger partial charge < -0.3 is 14.6 Å². The lowest BCUT2D eigenvalue weighted by molar-refractivity contribution is -0.128. The molecule has 0 fully saturated rings. The first-order valence-corrected chi connectivity index (χ1v) is 9.31. The van der Waals surface area contributed by atoms with E-state index < -0.39 is 0 Å². The lowest BCUT2D eigenvalue weighted by Crippen LogP contribution is -2.25. The van der Waals surface area contributed by atoms with Crippen molar-refractivity contribution in [3.8, 4) is 0 Å². The van der Waals surface area contributed by atoms with Crippen molar-refractivity contribution >= 4 is 51.4 Å². The number of nitrogens with zero attached hydrogens (tertiary/aromatic N) is 2. The predicted octanol–water partition coefficient (Wildman–Crippen LogP) is 5.47. The minimum atomic E-state index is -0.344. The number of rotatable bonds is 6. The highest BCUT2D eigenvalue weighted by Gasteiger charge is 2.15. The van der Waals surface area contributed by atoms with Gasteiger partial charge in [-0.25, -0.2) is 4.98 Å². The molecule has 1 N–H and O–H groups in total. The Balaban J connectivity index is 1.84. The Bertz CT molecular complexity index is 957. The van der Waals surface area contributed by atoms with Crippen molar-refractivity contribution in [2.24, 2.45) is 0 Å². The van der Waals surface area contributed by atoms with Crippen LogP contribution in [0, 0.1) is 0 Å². The first-order chi connectivity index (χ1) is 12.7. The average Bonchev–Trinajstić information content (AvgIpc) is 3.00. The van der Waals surface area contributed by atoms with E-state index in [4.69, 9.17) is 27.9 Å². The van der Waals surface area contributed by atoms with E-state index in [-0.39, 0.29) is 24.5 Å². The number of benzene rings is 1. The zero-order valence-electron chi connectivity index (χ0n) is 15.4. The molecule has 0 saturated carbocycles. The normalized spacial score (nSPS) is 11.7. The number of nitrogens with one attached hydrogen (secondary N) is 1. The molecule has 0 aliphatic rings. The van der Waals surface area contributed by atoms with E-state index in [0.717, 1.165) is 10.9 Å². The Morgan fingerprint density at radius 2 is 1.89 bits per heavy atom. The number of Topliss-reactive ketones (excluding diaryl/α,β-unsaturated/α-hetero) is 1. The number of pyridine rings is 1. The highest BCUT2D eigenvalue weighted by Crippen LogP contribution is 2.34. The molecule has 0 saturated heterocycles. The minimum Gasteiger partial charge on any atom is -0.368 e. The second kappa shape index (κ2) is 7.89. The molecule has 27 heavy (non-hydrogen) atoms. The summed E-state index contributed by atoms with van der Waals surface area (Å²) in [5.41, 5.74) is 1.15. The molecule has 142 valence electrons. The third kappa shape index (κ3) is 4.80. The molecule has 0 aliphatic carbocycles. The Morgan fingerprint density at radius 1 is 1.19 bits per heavy atom. The molecule has 3 rings (SSSR count). The summed E-state index contributed by atoms with van der Waals surface area (Å²) < 4.78 is 7.44. The molecule has 0 bridgehead atoms. The van der Waals surface area contributed by atoms with Crippen LogP contribution in [-0.2, 0) is 16.1 Å². The topological polar surface area (TPSA) is 56.1 Å². The van der Waals surface area contributed by atoms with Crippen molar-refractivity contribution in [3.05, 3.63) is 52.8 Å². The van der Waals surface area contributed by atoms with E-state index in [1.807, 2.05) is 43.7 Å². The van der Waals surface area contributed by atoms with Gasteiger partial charge in [0.05, 0.1) is 33.4 Å². The fourth-order valence-corrected chi connectivity index (χ4v) is 3.12. The number of carbonyl (C=O) groups is 1. The summed E-state index contributed by atoms with van der Waals surface area (Å²) in [6, 6.07) is 9.08. The van der Waals surface area contributed by atoms with Gasteiger partial charge in [0, 0.05) is 17.8 Å². The third-order valence-electron chi connectivity index (χ3n) is 3.92. The molecule has 0 radical (unpaired) electrons. The van der Waals surface area contributed by atoms with Gasteiger partial charge in [0.15, 0.2) is 5.78 Å². The van der Waals surface area contributed by atoms with Crippen LogP contribution in [0.3, 0.4) is 0 Å². The Hall–Kier alpha value is -2.08. The standard InChI is InChI=1S/C20H21Cl2N3O2/c1-20(2,3)27-12-13(26)11-25-10-8-14-17(25)7-9-23-19(14)24-18-15(21)5-4-6-16(18)22/h4-10H,11-12H2,1-3H3,(H,23,24). The predicted molar refractivity (Wildman–Crippen MR) is 110 cm³/mol. The van der Waals surface area contributed by atoms with Gasteiger partial charge in [-0.15, -0.1) is 0 Å². The van der Waals surface area contributed by atoms with Crippen LogP contribution in [0.1, 0.15) is 20.8 Å². The van der Waals surface area contributed by atoms with Crippen LogP contribution >= 0.6 is 23.2 Å². The maximum absolute atomic E-state index is 12.3. The largest absolute Gasteiger partial charge is 0.368 e. The maximum atomic E-state index is 12.3. The molecular formula is C20H21Cl2N3O2. The minimum absolute atomic E-state index is 0.00268. The van der Waals surface area contributed by atoms with Crippen LogP contribution in [0.25, 0.3) is 10.9 Å². The van der Waals surface area contributed by atoms with Crippen molar-refractivity contribution in [3.63, 3.8) is 0 Å². The molecule has 1 aromatic carbocycles. The van der Waals surface area contributed by atoms with Gasteiger partial charge in [0.25, 0.3) is 0 Å². The van der Waals surface area contributed by atoms with Gasteiger partial charge in [-0.2, -0.15) is 0 Å². The van der Waals surface area contributed by atoms with Gasteiger partial charge in [-0.05, 0) is 45.0 Å². The Morgan fingerprint density at radius 3 is 2.56 bits per heavy atom. The zero-order valence-corrected chi connectivity index (χ0v) is 16.9. The summed E-state index contributed by atoms with van der Waals surface area (Å²) in [5, 5.41) is 5.09. The van der Waals surface area contributed by atoms with E-state index in [1.54, 1.807) is 24.4 Å². The van der Waals surface area contributed by atoms with Crippen molar-refractivity contribution < 1.29 is 9.53 Å². The molecule has 0 unspecified atom stereocenters. The van der Waals surface area contributed by atoms with E-state index in [2.05, 4.69) is 10.3 Å². The summed E-state index contributed by atoms with van der Waals surface area (Å²) in [6.45, 7) is 6.09. The highest BCUT2D eigenvalue weighted by atomic mass is 35.5. The second-order valence-electron chi connectivity index (χ2n) is 7.20. The number of anilines is 2. The fraction of sp³-hybridized carbons (Fsp3) is 0.300. The molecule has 0 atom stereocenters. The number of hydrogen-bond acceptors (Lipinski definition) is 4. The van der Waals surface area contributed by atoms with Crippen molar-refractivity contribution in [1.29, 1.82) is 0 Å². The monoisotopic (exact) mass is 405 g/mol. The molecule has 7 heteroatoms. The lowest BCUT2D eigenvalue weighted by Gasteiger charge is -2.19. The van der Waals surface area contributed by atoms with E-state index in [0.29, 0.717) is 21.6 Å². The average molecular weight is 406 g/mol. The number of hydrogen-bond donors (Lipinski definition) is 1. The SMILES string of the molecule is CC(C)(C)OCC(=O)Cn1ccc2c(Nc3c(Cl)cccc3Cl)nccc21. The molecule has 5 nitrogen and oxygen atoms in total. The smallest absolute Gasteiger partial charge is 0.178 e. The number of ketones is 1. The number of halogens is 2. The number of aromatic nitrogens is 2. The van der Waals surface area contributed by atoms with Gasteiger partial charge >= 0.3 is 0 Å². The summed E-state index contributed by atoms with van der Waals surface area (Å²) in [4.78, 5) is 16.6. The van der Waals surface area contributed by atoms with Gasteiger partial charge in [-0.3, -0.25) is 4.79 Å². The van der Waals surface area contributed by atoms with Gasteiger partial charge in [0.1, 0.15) is 12.4 Å². The number of ether oxygens (including phenoxy) is 1. The summed E-state index contributed by atoms with van der Waals surface area (Å²) in [7, 11) is 0. The van der Waals surface area contributed by atoms with E-state index in [9.17, 15) is 4.79 Å². The number of fused-ring (bicyclic) bond motifs is 1. The molecule has 0 amide bonds. The van der Waals surface area contributed by atoms with Gasteiger partial charge in [0.2, 0.25) is 0 Å². The van der Waals surface area contributed by atoms with Crippen LogP contribution in [0.4, 0.5) is 11.5 Å². The molecule has 2 heterocycles. The van der Waals surface area contributed by atoms with Crippen molar-refractivity contribution in [2.45, 2.75) is 32.9 Å². The van der Waals surface area contributed by atoms with Crippen LogP contribution in [0.2, 0.25) is 10.0 Å². The zero-order chi connectivity index (χ0) is 19.6. The lowest BCUT2D eigenvalue weighted by atomic mass is 10.2. The Kier molecular flexibility index (Phi) is 5.75. The van der Waals surface area contributed by atoms with Crippen LogP contribution in [0.15, 0.2) is 42.7 Å². The summed E-state index contributed by atoms with van der Waals surface area (Å²) in [5.74, 6) is 0.627. The third-order valence-corrected chi connectivity index (χ3v) is 4.55.